The lowest BCUT2D eigenvalue weighted by Gasteiger charge is -2.29. The molecule has 0 aromatic heterocycles. The normalized spacial score (nSPS) is 19.2. The lowest BCUT2D eigenvalue weighted by atomic mass is 9.88. The minimum atomic E-state index is 0.366. The van der Waals surface area contributed by atoms with E-state index < -0.39 is 0 Å². The number of aldehydes is 1. The average Bonchev–Trinajstić information content (AvgIpc) is 2.47. The maximum Gasteiger partial charge on any atom is 0.172 e. The standard InChI is InChI=1S/C14H16ClNO3/c15-11-7-10(8-17)13-14(19-6-5-18-13)12(11)9-1-3-16-4-2-9/h7-9,16H,1-6H2. The monoisotopic (exact) mass is 281 g/mol. The fraction of sp³-hybridized carbons (Fsp3) is 0.500. The number of piperidine rings is 1. The first-order valence-corrected chi connectivity index (χ1v) is 6.97. The van der Waals surface area contributed by atoms with Crippen LogP contribution in [0.5, 0.6) is 11.5 Å². The van der Waals surface area contributed by atoms with Crippen LogP contribution in [0.15, 0.2) is 6.07 Å². The summed E-state index contributed by atoms with van der Waals surface area (Å²) < 4.78 is 11.3. The molecule has 2 aliphatic rings. The van der Waals surface area contributed by atoms with Gasteiger partial charge < -0.3 is 14.8 Å². The zero-order valence-electron chi connectivity index (χ0n) is 10.6. The lowest BCUT2D eigenvalue weighted by molar-refractivity contribution is 0.111. The summed E-state index contributed by atoms with van der Waals surface area (Å²) in [6.45, 7) is 2.93. The van der Waals surface area contributed by atoms with Crippen molar-refractivity contribution in [2.24, 2.45) is 0 Å². The SMILES string of the molecule is O=Cc1cc(Cl)c(C2CCNCC2)c2c1OCCO2. The van der Waals surface area contributed by atoms with Gasteiger partial charge in [-0.3, -0.25) is 4.79 Å². The van der Waals surface area contributed by atoms with Crippen LogP contribution in [0.25, 0.3) is 0 Å². The van der Waals surface area contributed by atoms with Gasteiger partial charge in [0.1, 0.15) is 13.2 Å². The summed E-state index contributed by atoms with van der Waals surface area (Å²) in [7, 11) is 0. The van der Waals surface area contributed by atoms with E-state index in [1.165, 1.54) is 0 Å². The van der Waals surface area contributed by atoms with Gasteiger partial charge in [-0.05, 0) is 37.9 Å². The fourth-order valence-electron chi connectivity index (χ4n) is 2.80. The van der Waals surface area contributed by atoms with Gasteiger partial charge in [0.2, 0.25) is 0 Å². The molecule has 5 heteroatoms. The highest BCUT2D eigenvalue weighted by Gasteiger charge is 2.28. The molecule has 1 N–H and O–H groups in total. The third-order valence-corrected chi connectivity index (χ3v) is 4.02. The van der Waals surface area contributed by atoms with E-state index in [0.717, 1.165) is 37.8 Å². The van der Waals surface area contributed by atoms with Gasteiger partial charge in [-0.25, -0.2) is 0 Å². The zero-order valence-corrected chi connectivity index (χ0v) is 11.3. The van der Waals surface area contributed by atoms with E-state index in [9.17, 15) is 4.79 Å². The van der Waals surface area contributed by atoms with Crippen molar-refractivity contribution in [1.82, 2.24) is 5.32 Å². The first-order valence-electron chi connectivity index (χ1n) is 6.59. The minimum absolute atomic E-state index is 0.366. The number of rotatable bonds is 2. The Bertz CT molecular complexity index is 498. The van der Waals surface area contributed by atoms with Crippen LogP contribution < -0.4 is 14.8 Å². The summed E-state index contributed by atoms with van der Waals surface area (Å²) in [6, 6.07) is 1.69. The van der Waals surface area contributed by atoms with E-state index >= 15 is 0 Å². The molecule has 1 aromatic carbocycles. The lowest BCUT2D eigenvalue weighted by Crippen LogP contribution is -2.28. The zero-order chi connectivity index (χ0) is 13.2. The molecule has 0 spiro atoms. The van der Waals surface area contributed by atoms with Crippen molar-refractivity contribution in [2.45, 2.75) is 18.8 Å². The highest BCUT2D eigenvalue weighted by molar-refractivity contribution is 6.32. The number of hydrogen-bond acceptors (Lipinski definition) is 4. The number of fused-ring (bicyclic) bond motifs is 1. The molecule has 2 heterocycles. The number of halogens is 1. The number of benzene rings is 1. The molecule has 0 unspecified atom stereocenters. The summed E-state index contributed by atoms with van der Waals surface area (Å²) in [5, 5.41) is 3.94. The molecule has 0 amide bonds. The van der Waals surface area contributed by atoms with Crippen molar-refractivity contribution in [3.8, 4) is 11.5 Å². The molecule has 4 nitrogen and oxygen atoms in total. The Balaban J connectivity index is 2.09. The number of nitrogens with one attached hydrogen (secondary N) is 1. The molecule has 1 aromatic rings. The molecular weight excluding hydrogens is 266 g/mol. The predicted molar refractivity (Wildman–Crippen MR) is 72.7 cm³/mol. The van der Waals surface area contributed by atoms with E-state index in [0.29, 0.717) is 41.2 Å². The predicted octanol–water partition coefficient (Wildman–Crippen LogP) is 2.39. The Labute approximate surface area is 117 Å². The molecule has 0 aliphatic carbocycles. The molecule has 1 fully saturated rings. The molecule has 1 saturated heterocycles. The quantitative estimate of drug-likeness (QED) is 0.846. The van der Waals surface area contributed by atoms with Gasteiger partial charge in [0.25, 0.3) is 0 Å². The van der Waals surface area contributed by atoms with Gasteiger partial charge >= 0.3 is 0 Å². The maximum atomic E-state index is 11.1. The van der Waals surface area contributed by atoms with Crippen LogP contribution in [-0.4, -0.2) is 32.6 Å². The summed E-state index contributed by atoms with van der Waals surface area (Å²) in [5.74, 6) is 1.59. The van der Waals surface area contributed by atoms with Crippen LogP contribution in [0.2, 0.25) is 5.02 Å². The van der Waals surface area contributed by atoms with Crippen molar-refractivity contribution in [2.75, 3.05) is 26.3 Å². The molecule has 0 saturated carbocycles. The van der Waals surface area contributed by atoms with E-state index in [1.807, 2.05) is 0 Å². The molecule has 0 atom stereocenters. The van der Waals surface area contributed by atoms with Crippen LogP contribution in [0.1, 0.15) is 34.7 Å². The van der Waals surface area contributed by atoms with E-state index in [-0.39, 0.29) is 0 Å². The highest BCUT2D eigenvalue weighted by Crippen LogP contribution is 2.46. The van der Waals surface area contributed by atoms with Crippen LogP contribution in [0.3, 0.4) is 0 Å². The van der Waals surface area contributed by atoms with Crippen molar-refractivity contribution in [1.29, 1.82) is 0 Å². The summed E-state index contributed by atoms with van der Waals surface area (Å²) >= 11 is 6.36. The highest BCUT2D eigenvalue weighted by atomic mass is 35.5. The first-order chi connectivity index (χ1) is 9.31. The molecule has 2 aliphatic heterocycles. The Morgan fingerprint density at radius 3 is 2.58 bits per heavy atom. The number of ether oxygens (including phenoxy) is 2. The summed E-state index contributed by atoms with van der Waals surface area (Å²) in [5.41, 5.74) is 1.47. The minimum Gasteiger partial charge on any atom is -0.486 e. The van der Waals surface area contributed by atoms with Crippen LogP contribution in [0.4, 0.5) is 0 Å². The second kappa shape index (κ2) is 5.39. The Morgan fingerprint density at radius 2 is 1.89 bits per heavy atom. The van der Waals surface area contributed by atoms with E-state index in [4.69, 9.17) is 21.1 Å². The Morgan fingerprint density at radius 1 is 1.21 bits per heavy atom. The molecule has 0 radical (unpaired) electrons. The largest absolute Gasteiger partial charge is 0.486 e. The van der Waals surface area contributed by atoms with Gasteiger partial charge in [-0.15, -0.1) is 0 Å². The molecular formula is C14H16ClNO3. The first kappa shape index (κ1) is 12.8. The Hall–Kier alpha value is -1.26. The number of carbonyl (C=O) groups is 1. The maximum absolute atomic E-state index is 11.1. The van der Waals surface area contributed by atoms with Crippen molar-refractivity contribution in [3.63, 3.8) is 0 Å². The Kier molecular flexibility index (Phi) is 3.62. The number of hydrogen-bond donors (Lipinski definition) is 1. The summed E-state index contributed by atoms with van der Waals surface area (Å²) in [4.78, 5) is 11.1. The van der Waals surface area contributed by atoms with Gasteiger partial charge in [0, 0.05) is 10.6 Å². The second-order valence-electron chi connectivity index (χ2n) is 4.86. The van der Waals surface area contributed by atoms with Crippen LogP contribution in [0, 0.1) is 0 Å². The van der Waals surface area contributed by atoms with Crippen molar-refractivity contribution < 1.29 is 14.3 Å². The van der Waals surface area contributed by atoms with Crippen molar-refractivity contribution in [3.05, 3.63) is 22.2 Å². The smallest absolute Gasteiger partial charge is 0.172 e. The second-order valence-corrected chi connectivity index (χ2v) is 5.27. The van der Waals surface area contributed by atoms with Gasteiger partial charge in [0.05, 0.1) is 5.56 Å². The van der Waals surface area contributed by atoms with Crippen LogP contribution in [-0.2, 0) is 0 Å². The van der Waals surface area contributed by atoms with Gasteiger partial charge in [0.15, 0.2) is 17.8 Å². The van der Waals surface area contributed by atoms with E-state index in [2.05, 4.69) is 5.32 Å². The molecule has 3 rings (SSSR count). The number of carbonyl (C=O) groups excluding carboxylic acids is 1. The van der Waals surface area contributed by atoms with Gasteiger partial charge in [-0.1, -0.05) is 11.6 Å². The topological polar surface area (TPSA) is 47.6 Å². The molecule has 102 valence electrons. The van der Waals surface area contributed by atoms with Gasteiger partial charge in [-0.2, -0.15) is 0 Å². The fourth-order valence-corrected chi connectivity index (χ4v) is 3.16. The summed E-state index contributed by atoms with van der Waals surface area (Å²) in [6.07, 6.45) is 2.82. The van der Waals surface area contributed by atoms with Crippen molar-refractivity contribution >= 4 is 17.9 Å². The van der Waals surface area contributed by atoms with E-state index in [1.54, 1.807) is 6.07 Å². The average molecular weight is 282 g/mol. The molecule has 19 heavy (non-hydrogen) atoms. The van der Waals surface area contributed by atoms with Crippen LogP contribution >= 0.6 is 11.6 Å². The molecule has 0 bridgehead atoms. The third kappa shape index (κ3) is 2.30. The third-order valence-electron chi connectivity index (χ3n) is 3.70.